The van der Waals surface area contributed by atoms with Crippen molar-refractivity contribution in [3.8, 4) is 0 Å². The molecular weight excluding hydrogens is 298 g/mol. The topological polar surface area (TPSA) is 36.5 Å². The zero-order chi connectivity index (χ0) is 14.5. The Balaban J connectivity index is 0.00000176. The normalized spacial score (nSPS) is 34.5. The number of hydrogen-bond donors (Lipinski definition) is 2. The molecule has 0 bridgehead atoms. The molecule has 0 radical (unpaired) electrons. The third-order valence-electron chi connectivity index (χ3n) is 5.75. The largest absolute Gasteiger partial charge is 0.379 e. The fraction of sp³-hybridized carbons (Fsp3) is 1.00. The Morgan fingerprint density at radius 3 is 2.73 bits per heavy atom. The number of morpholine rings is 1. The molecule has 22 heavy (non-hydrogen) atoms. The number of rotatable bonds is 5. The summed E-state index contributed by atoms with van der Waals surface area (Å²) in [4.78, 5) is 2.64. The average molecular weight is 332 g/mol. The number of hydrogen-bond acceptors (Lipinski definition) is 4. The number of nitrogens with one attached hydrogen (secondary N) is 2. The number of ether oxygens (including phenoxy) is 1. The van der Waals surface area contributed by atoms with Gasteiger partial charge in [-0.05, 0) is 50.6 Å². The molecule has 2 N–H and O–H groups in total. The standard InChI is InChI=1S/C17H33N3O.ClH/c1-14-5-9-20(10-6-14)11-7-18-16-4-2-3-15(16)17-13-21-12-8-19-17;/h14-19H,2-13H2,1H3;1H. The maximum atomic E-state index is 5.65. The number of likely N-dealkylation sites (tertiary alicyclic amines) is 1. The van der Waals surface area contributed by atoms with Crippen LogP contribution in [0.4, 0.5) is 0 Å². The Morgan fingerprint density at radius 1 is 1.18 bits per heavy atom. The lowest BCUT2D eigenvalue weighted by Gasteiger charge is -2.34. The van der Waals surface area contributed by atoms with Crippen LogP contribution in [-0.4, -0.2) is 62.9 Å². The minimum absolute atomic E-state index is 0. The second-order valence-corrected chi connectivity index (χ2v) is 7.32. The zero-order valence-corrected chi connectivity index (χ0v) is 14.9. The predicted molar refractivity (Wildman–Crippen MR) is 93.8 cm³/mol. The molecule has 3 fully saturated rings. The maximum Gasteiger partial charge on any atom is 0.0623 e. The van der Waals surface area contributed by atoms with Crippen molar-refractivity contribution in [1.82, 2.24) is 15.5 Å². The van der Waals surface area contributed by atoms with Gasteiger partial charge in [0.2, 0.25) is 0 Å². The molecule has 2 saturated heterocycles. The van der Waals surface area contributed by atoms with E-state index >= 15 is 0 Å². The second kappa shape index (κ2) is 9.43. The smallest absolute Gasteiger partial charge is 0.0623 e. The van der Waals surface area contributed by atoms with Gasteiger partial charge in [-0.3, -0.25) is 0 Å². The molecule has 2 heterocycles. The van der Waals surface area contributed by atoms with E-state index in [1.54, 1.807) is 0 Å². The summed E-state index contributed by atoms with van der Waals surface area (Å²) in [6.45, 7) is 10.2. The van der Waals surface area contributed by atoms with E-state index < -0.39 is 0 Å². The highest BCUT2D eigenvalue weighted by Gasteiger charge is 2.34. The molecule has 4 nitrogen and oxygen atoms in total. The first-order chi connectivity index (χ1) is 10.3. The monoisotopic (exact) mass is 331 g/mol. The van der Waals surface area contributed by atoms with Gasteiger partial charge < -0.3 is 20.3 Å². The summed E-state index contributed by atoms with van der Waals surface area (Å²) in [6.07, 6.45) is 6.85. The fourth-order valence-corrected chi connectivity index (χ4v) is 4.28. The minimum Gasteiger partial charge on any atom is -0.379 e. The summed E-state index contributed by atoms with van der Waals surface area (Å²) in [5.41, 5.74) is 0. The first kappa shape index (κ1) is 18.5. The van der Waals surface area contributed by atoms with Gasteiger partial charge in [-0.2, -0.15) is 0 Å². The van der Waals surface area contributed by atoms with Crippen LogP contribution in [0.3, 0.4) is 0 Å². The van der Waals surface area contributed by atoms with E-state index in [1.807, 2.05) is 0 Å². The fourth-order valence-electron chi connectivity index (χ4n) is 4.28. The predicted octanol–water partition coefficient (Wildman–Crippen LogP) is 1.89. The molecule has 3 atom stereocenters. The quantitative estimate of drug-likeness (QED) is 0.806. The Bertz CT molecular complexity index is 304. The molecule has 130 valence electrons. The summed E-state index contributed by atoms with van der Waals surface area (Å²) >= 11 is 0. The van der Waals surface area contributed by atoms with Gasteiger partial charge in [0.1, 0.15) is 0 Å². The van der Waals surface area contributed by atoms with E-state index in [0.29, 0.717) is 12.1 Å². The first-order valence-corrected chi connectivity index (χ1v) is 9.10. The van der Waals surface area contributed by atoms with Crippen LogP contribution in [-0.2, 0) is 4.74 Å². The van der Waals surface area contributed by atoms with E-state index in [-0.39, 0.29) is 12.4 Å². The number of halogens is 1. The van der Waals surface area contributed by atoms with Crippen molar-refractivity contribution >= 4 is 12.4 Å². The highest BCUT2D eigenvalue weighted by atomic mass is 35.5. The minimum atomic E-state index is 0. The molecule has 0 aromatic carbocycles. The SMILES string of the molecule is CC1CCN(CCNC2CCCC2C2COCCN2)CC1.Cl. The Kier molecular flexibility index (Phi) is 7.92. The zero-order valence-electron chi connectivity index (χ0n) is 14.1. The average Bonchev–Trinajstić information content (AvgIpc) is 2.99. The maximum absolute atomic E-state index is 5.65. The van der Waals surface area contributed by atoms with Gasteiger partial charge in [-0.15, -0.1) is 12.4 Å². The molecule has 1 saturated carbocycles. The molecular formula is C17H34ClN3O. The molecule has 5 heteroatoms. The van der Waals surface area contributed by atoms with Gasteiger partial charge >= 0.3 is 0 Å². The van der Waals surface area contributed by atoms with Crippen LogP contribution >= 0.6 is 12.4 Å². The number of piperidine rings is 1. The summed E-state index contributed by atoms with van der Waals surface area (Å²) in [6, 6.07) is 1.28. The van der Waals surface area contributed by atoms with E-state index in [0.717, 1.165) is 38.1 Å². The van der Waals surface area contributed by atoms with Crippen LogP contribution in [0, 0.1) is 11.8 Å². The lowest BCUT2D eigenvalue weighted by Crippen LogP contribution is -2.51. The molecule has 3 aliphatic rings. The molecule has 1 aliphatic carbocycles. The van der Waals surface area contributed by atoms with Crippen molar-refractivity contribution in [1.29, 1.82) is 0 Å². The molecule has 0 aromatic heterocycles. The molecule has 2 aliphatic heterocycles. The van der Waals surface area contributed by atoms with Crippen molar-refractivity contribution in [2.75, 3.05) is 45.9 Å². The van der Waals surface area contributed by atoms with Crippen LogP contribution in [0.25, 0.3) is 0 Å². The highest BCUT2D eigenvalue weighted by Crippen LogP contribution is 2.29. The van der Waals surface area contributed by atoms with Crippen molar-refractivity contribution in [3.05, 3.63) is 0 Å². The molecule has 3 rings (SSSR count). The summed E-state index contributed by atoms with van der Waals surface area (Å²) in [5, 5.41) is 7.51. The highest BCUT2D eigenvalue weighted by molar-refractivity contribution is 5.85. The Hall–Kier alpha value is 0.130. The van der Waals surface area contributed by atoms with E-state index in [1.165, 1.54) is 51.7 Å². The Labute approximate surface area is 142 Å². The first-order valence-electron chi connectivity index (χ1n) is 9.10. The van der Waals surface area contributed by atoms with Crippen LogP contribution in [0.5, 0.6) is 0 Å². The summed E-state index contributed by atoms with van der Waals surface area (Å²) in [5.74, 6) is 1.71. The molecule has 0 spiro atoms. The van der Waals surface area contributed by atoms with Crippen molar-refractivity contribution < 1.29 is 4.74 Å². The van der Waals surface area contributed by atoms with Gasteiger partial charge in [0, 0.05) is 31.7 Å². The van der Waals surface area contributed by atoms with Gasteiger partial charge in [0.05, 0.1) is 13.2 Å². The van der Waals surface area contributed by atoms with Gasteiger partial charge in [0.15, 0.2) is 0 Å². The van der Waals surface area contributed by atoms with Crippen molar-refractivity contribution in [2.45, 2.75) is 51.1 Å². The van der Waals surface area contributed by atoms with Crippen molar-refractivity contribution in [2.24, 2.45) is 11.8 Å². The molecule has 0 aromatic rings. The van der Waals surface area contributed by atoms with E-state index in [4.69, 9.17) is 4.74 Å². The van der Waals surface area contributed by atoms with E-state index in [9.17, 15) is 0 Å². The summed E-state index contributed by atoms with van der Waals surface area (Å²) < 4.78 is 5.65. The van der Waals surface area contributed by atoms with Crippen LogP contribution < -0.4 is 10.6 Å². The summed E-state index contributed by atoms with van der Waals surface area (Å²) in [7, 11) is 0. The van der Waals surface area contributed by atoms with Gasteiger partial charge in [0.25, 0.3) is 0 Å². The van der Waals surface area contributed by atoms with E-state index in [2.05, 4.69) is 22.5 Å². The number of nitrogens with zero attached hydrogens (tertiary/aromatic N) is 1. The van der Waals surface area contributed by atoms with Crippen LogP contribution in [0.2, 0.25) is 0 Å². The second-order valence-electron chi connectivity index (χ2n) is 7.32. The molecule has 0 amide bonds. The lowest BCUT2D eigenvalue weighted by molar-refractivity contribution is 0.0522. The van der Waals surface area contributed by atoms with Crippen LogP contribution in [0.1, 0.15) is 39.0 Å². The molecule has 3 unspecified atom stereocenters. The van der Waals surface area contributed by atoms with Crippen LogP contribution in [0.15, 0.2) is 0 Å². The van der Waals surface area contributed by atoms with Gasteiger partial charge in [-0.1, -0.05) is 13.3 Å². The third kappa shape index (κ3) is 5.07. The third-order valence-corrected chi connectivity index (χ3v) is 5.75. The van der Waals surface area contributed by atoms with Crippen molar-refractivity contribution in [3.63, 3.8) is 0 Å². The van der Waals surface area contributed by atoms with Gasteiger partial charge in [-0.25, -0.2) is 0 Å². The lowest BCUT2D eigenvalue weighted by atomic mass is 9.94. The Morgan fingerprint density at radius 2 is 2.00 bits per heavy atom.